The number of benzene rings is 8. The second-order valence-corrected chi connectivity index (χ2v) is 19.4. The van der Waals surface area contributed by atoms with Crippen molar-refractivity contribution in [1.29, 1.82) is 0 Å². The summed E-state index contributed by atoms with van der Waals surface area (Å²) in [6, 6.07) is 63.2. The van der Waals surface area contributed by atoms with E-state index in [9.17, 15) is 0 Å². The minimum Gasteiger partial charge on any atom is -0.454 e. The maximum atomic E-state index is 6.84. The lowest BCUT2D eigenvalue weighted by Crippen LogP contribution is -2.56. The lowest BCUT2D eigenvalue weighted by molar-refractivity contribution is 0.590. The molecule has 60 heavy (non-hydrogen) atoms. The molecule has 0 unspecified atom stereocenters. The third-order valence-electron chi connectivity index (χ3n) is 12.8. The minimum atomic E-state index is -0.107. The first-order valence-corrected chi connectivity index (χ1v) is 22.3. The molecule has 8 aromatic carbocycles. The second kappa shape index (κ2) is 12.6. The molecule has 2 aromatic heterocycles. The quantitative estimate of drug-likeness (QED) is 0.166. The lowest BCUT2D eigenvalue weighted by atomic mass is 9.45. The van der Waals surface area contributed by atoms with E-state index in [2.05, 4.69) is 200 Å². The summed E-state index contributed by atoms with van der Waals surface area (Å²) in [5.74, 6) is 0. The van der Waals surface area contributed by atoms with Crippen molar-refractivity contribution in [3.8, 4) is 33.4 Å². The van der Waals surface area contributed by atoms with Gasteiger partial charge in [0.25, 0.3) is 0 Å². The summed E-state index contributed by atoms with van der Waals surface area (Å²) in [6.07, 6.45) is 0. The molecule has 3 aliphatic heterocycles. The zero-order valence-electron chi connectivity index (χ0n) is 33.4. The Hall–Kier alpha value is -6.34. The van der Waals surface area contributed by atoms with Gasteiger partial charge in [0.1, 0.15) is 5.58 Å². The summed E-state index contributed by atoms with van der Waals surface area (Å²) in [7, 11) is 0. The van der Waals surface area contributed by atoms with Crippen LogP contribution in [-0.4, -0.2) is 11.3 Å². The topological polar surface area (TPSA) is 21.3 Å². The second-order valence-electron chi connectivity index (χ2n) is 17.3. The standard InChI is InChI=1S/C54H37BN2OS2/c1-54(2,3)35-25-26-42(39(29-35)33-17-8-5-9-18-33)56-43-31-49-48(59-46-23-12-13-24-47(46)60-49)30-41(43)55-50-40(27-34(28-44(50)56)32-15-6-4-7-16-32)36-20-14-21-38-51(36)57(55)52-37-19-10-11-22-45(37)58-53(38)52/h4-31H,1-3H3. The number of hydrogen-bond donors (Lipinski definition) is 0. The van der Waals surface area contributed by atoms with Gasteiger partial charge in [0, 0.05) is 58.4 Å². The fourth-order valence-electron chi connectivity index (χ4n) is 10.0. The zero-order chi connectivity index (χ0) is 39.9. The number of furan rings is 1. The van der Waals surface area contributed by atoms with E-state index in [1.165, 1.54) is 92.0 Å². The highest BCUT2D eigenvalue weighted by Gasteiger charge is 2.45. The summed E-state index contributed by atoms with van der Waals surface area (Å²) in [5.41, 5.74) is 19.1. The van der Waals surface area contributed by atoms with E-state index in [0.717, 1.165) is 27.5 Å². The normalized spacial score (nSPS) is 13.7. The number of rotatable bonds is 3. The van der Waals surface area contributed by atoms with Crippen molar-refractivity contribution in [2.24, 2.45) is 0 Å². The maximum Gasteiger partial charge on any atom is 0.333 e. The molecule has 0 spiro atoms. The predicted octanol–water partition coefficient (Wildman–Crippen LogP) is 14.2. The van der Waals surface area contributed by atoms with E-state index in [1.54, 1.807) is 0 Å². The minimum absolute atomic E-state index is 0.0259. The van der Waals surface area contributed by atoms with Crippen LogP contribution >= 0.6 is 23.5 Å². The molecule has 0 amide bonds. The summed E-state index contributed by atoms with van der Waals surface area (Å²) < 4.78 is 9.47. The number of nitrogens with zero attached hydrogens (tertiary/aromatic N) is 2. The summed E-state index contributed by atoms with van der Waals surface area (Å²) >= 11 is 3.78. The Balaban J connectivity index is 1.20. The Morgan fingerprint density at radius 2 is 1.17 bits per heavy atom. The molecule has 10 aromatic rings. The van der Waals surface area contributed by atoms with Gasteiger partial charge in [0.2, 0.25) is 0 Å². The predicted molar refractivity (Wildman–Crippen MR) is 254 cm³/mol. The number of hydrogen-bond acceptors (Lipinski definition) is 4. The molecule has 13 rings (SSSR count). The van der Waals surface area contributed by atoms with E-state index in [1.807, 2.05) is 23.5 Å². The fraction of sp³-hybridized carbons (Fsp3) is 0.0741. The van der Waals surface area contributed by atoms with Gasteiger partial charge in [-0.1, -0.05) is 147 Å². The Labute approximate surface area is 357 Å². The highest BCUT2D eigenvalue weighted by Crippen LogP contribution is 2.54. The first-order valence-electron chi connectivity index (χ1n) is 20.7. The first kappa shape index (κ1) is 34.5. The summed E-state index contributed by atoms with van der Waals surface area (Å²) in [4.78, 5) is 7.80. The van der Waals surface area contributed by atoms with Crippen LogP contribution in [0.2, 0.25) is 0 Å². The van der Waals surface area contributed by atoms with Crippen LogP contribution in [0.25, 0.3) is 66.4 Å². The molecule has 0 atom stereocenters. The molecule has 0 saturated heterocycles. The van der Waals surface area contributed by atoms with Crippen molar-refractivity contribution in [2.75, 3.05) is 4.90 Å². The van der Waals surface area contributed by atoms with Crippen LogP contribution in [-0.2, 0) is 5.41 Å². The van der Waals surface area contributed by atoms with Crippen LogP contribution in [0.4, 0.5) is 17.1 Å². The zero-order valence-corrected chi connectivity index (χ0v) is 35.0. The largest absolute Gasteiger partial charge is 0.454 e. The van der Waals surface area contributed by atoms with E-state index < -0.39 is 0 Å². The van der Waals surface area contributed by atoms with Crippen molar-refractivity contribution in [1.82, 2.24) is 4.48 Å². The maximum absolute atomic E-state index is 6.84. The number of fused-ring (bicyclic) bond motifs is 11. The summed E-state index contributed by atoms with van der Waals surface area (Å²) in [6.45, 7) is 6.83. The van der Waals surface area contributed by atoms with Gasteiger partial charge in [0.15, 0.2) is 5.58 Å². The van der Waals surface area contributed by atoms with Crippen molar-refractivity contribution < 1.29 is 4.42 Å². The van der Waals surface area contributed by atoms with Crippen LogP contribution in [0.3, 0.4) is 0 Å². The first-order chi connectivity index (χ1) is 29.4. The number of anilines is 3. The van der Waals surface area contributed by atoms with Gasteiger partial charge in [0.05, 0.1) is 11.2 Å². The Morgan fingerprint density at radius 1 is 0.483 bits per heavy atom. The van der Waals surface area contributed by atoms with Crippen LogP contribution in [0, 0.1) is 0 Å². The Kier molecular flexibility index (Phi) is 7.24. The van der Waals surface area contributed by atoms with Gasteiger partial charge in [-0.05, 0) is 111 Å². The Bertz CT molecular complexity index is 3430. The van der Waals surface area contributed by atoms with Crippen molar-refractivity contribution in [3.05, 3.63) is 175 Å². The highest BCUT2D eigenvalue weighted by molar-refractivity contribution is 8.05. The van der Waals surface area contributed by atoms with Gasteiger partial charge in [-0.15, -0.1) is 0 Å². The van der Waals surface area contributed by atoms with E-state index in [0.29, 0.717) is 0 Å². The average molecular weight is 805 g/mol. The van der Waals surface area contributed by atoms with Gasteiger partial charge in [-0.3, -0.25) is 0 Å². The summed E-state index contributed by atoms with van der Waals surface area (Å²) in [5, 5.41) is 2.30. The molecule has 0 radical (unpaired) electrons. The molecule has 5 heterocycles. The van der Waals surface area contributed by atoms with Gasteiger partial charge < -0.3 is 13.8 Å². The van der Waals surface area contributed by atoms with E-state index >= 15 is 0 Å². The van der Waals surface area contributed by atoms with Gasteiger partial charge >= 0.3 is 6.85 Å². The molecule has 3 aliphatic rings. The Morgan fingerprint density at radius 3 is 1.93 bits per heavy atom. The molecule has 3 nitrogen and oxygen atoms in total. The van der Waals surface area contributed by atoms with Crippen LogP contribution in [0.1, 0.15) is 26.3 Å². The van der Waals surface area contributed by atoms with Crippen LogP contribution in [0.5, 0.6) is 0 Å². The SMILES string of the molecule is CC(C)(C)c1ccc(N2c3cc4c(cc3B3c5c(cc(-c6ccccc6)cc52)-c2cccc5c6oc7ccccc7c6n3c25)Sc2ccccc2S4)c(-c2ccccc2)c1. The van der Waals surface area contributed by atoms with Gasteiger partial charge in [-0.2, -0.15) is 0 Å². The van der Waals surface area contributed by atoms with Crippen molar-refractivity contribution >= 4 is 91.3 Å². The molecule has 0 saturated carbocycles. The van der Waals surface area contributed by atoms with Crippen molar-refractivity contribution in [3.63, 3.8) is 0 Å². The third-order valence-corrected chi connectivity index (χ3v) is 15.3. The average Bonchev–Trinajstić information content (AvgIpc) is 3.82. The number of aromatic nitrogens is 1. The monoisotopic (exact) mass is 804 g/mol. The fourth-order valence-corrected chi connectivity index (χ4v) is 12.3. The molecule has 284 valence electrons. The molecular weight excluding hydrogens is 768 g/mol. The lowest BCUT2D eigenvalue weighted by Gasteiger charge is -2.42. The molecular formula is C54H37BN2OS2. The van der Waals surface area contributed by atoms with Gasteiger partial charge in [-0.25, -0.2) is 0 Å². The molecule has 6 heteroatoms. The van der Waals surface area contributed by atoms with E-state index in [-0.39, 0.29) is 12.3 Å². The molecule has 0 fully saturated rings. The van der Waals surface area contributed by atoms with Crippen LogP contribution in [0.15, 0.2) is 194 Å². The molecule has 0 bridgehead atoms. The van der Waals surface area contributed by atoms with Crippen LogP contribution < -0.4 is 15.8 Å². The highest BCUT2D eigenvalue weighted by atomic mass is 32.2. The third kappa shape index (κ3) is 4.89. The van der Waals surface area contributed by atoms with E-state index in [4.69, 9.17) is 4.42 Å². The number of para-hydroxylation sites is 2. The molecule has 0 N–H and O–H groups in total. The smallest absolute Gasteiger partial charge is 0.333 e. The molecule has 0 aliphatic carbocycles. The van der Waals surface area contributed by atoms with Crippen molar-refractivity contribution in [2.45, 2.75) is 45.8 Å².